The van der Waals surface area contributed by atoms with Crippen LogP contribution in [0.1, 0.15) is 12.8 Å². The second-order valence-electron chi connectivity index (χ2n) is 4.74. The molecule has 0 aliphatic carbocycles. The lowest BCUT2D eigenvalue weighted by molar-refractivity contribution is -0.121. The van der Waals surface area contributed by atoms with Crippen molar-refractivity contribution in [3.8, 4) is 5.75 Å². The van der Waals surface area contributed by atoms with Gasteiger partial charge in [-0.15, -0.1) is 0 Å². The average Bonchev–Trinajstić information content (AvgIpc) is 2.91. The van der Waals surface area contributed by atoms with Crippen molar-refractivity contribution in [2.75, 3.05) is 27.4 Å². The van der Waals surface area contributed by atoms with E-state index in [0.29, 0.717) is 26.1 Å². The highest BCUT2D eigenvalue weighted by molar-refractivity contribution is 5.80. The number of methoxy groups -OCH3 is 2. The average molecular weight is 291 g/mol. The van der Waals surface area contributed by atoms with Gasteiger partial charge in [0.25, 0.3) is 0 Å². The first kappa shape index (κ1) is 15.3. The molecule has 0 unspecified atom stereocenters. The smallest absolute Gasteiger partial charge is 0.221 e. The van der Waals surface area contributed by atoms with Crippen LogP contribution in [0.3, 0.4) is 0 Å². The van der Waals surface area contributed by atoms with Gasteiger partial charge in [-0.2, -0.15) is 5.10 Å². The van der Waals surface area contributed by atoms with Gasteiger partial charge in [-0.1, -0.05) is 0 Å². The number of aryl methyl sites for hydroxylation is 1. The number of amides is 1. The van der Waals surface area contributed by atoms with E-state index in [1.165, 1.54) is 0 Å². The van der Waals surface area contributed by atoms with Crippen LogP contribution < -0.4 is 10.1 Å². The first-order chi connectivity index (χ1) is 10.2. The van der Waals surface area contributed by atoms with Gasteiger partial charge in [0, 0.05) is 32.1 Å². The van der Waals surface area contributed by atoms with E-state index >= 15 is 0 Å². The molecule has 1 aromatic heterocycles. The second kappa shape index (κ2) is 7.64. The van der Waals surface area contributed by atoms with E-state index < -0.39 is 0 Å². The molecule has 0 aliphatic rings. The van der Waals surface area contributed by atoms with Gasteiger partial charge in [-0.3, -0.25) is 9.48 Å². The number of benzene rings is 1. The molecule has 1 amide bonds. The van der Waals surface area contributed by atoms with E-state index in [1.54, 1.807) is 20.4 Å². The van der Waals surface area contributed by atoms with Crippen molar-refractivity contribution in [3.63, 3.8) is 0 Å². The summed E-state index contributed by atoms with van der Waals surface area (Å²) in [6, 6.07) is 5.78. The number of ether oxygens (including phenoxy) is 2. The van der Waals surface area contributed by atoms with Crippen molar-refractivity contribution in [2.45, 2.75) is 19.4 Å². The third-order valence-corrected chi connectivity index (χ3v) is 3.25. The summed E-state index contributed by atoms with van der Waals surface area (Å²) < 4.78 is 12.0. The van der Waals surface area contributed by atoms with Crippen LogP contribution in [0.25, 0.3) is 10.9 Å². The van der Waals surface area contributed by atoms with Crippen molar-refractivity contribution < 1.29 is 14.3 Å². The molecule has 2 rings (SSSR count). The second-order valence-corrected chi connectivity index (χ2v) is 4.74. The molecule has 0 saturated carbocycles. The van der Waals surface area contributed by atoms with Crippen LogP contribution in [0.2, 0.25) is 0 Å². The fraction of sp³-hybridized carbons (Fsp3) is 0.467. The van der Waals surface area contributed by atoms with Crippen molar-refractivity contribution in [3.05, 3.63) is 24.4 Å². The van der Waals surface area contributed by atoms with E-state index in [0.717, 1.165) is 23.1 Å². The Bertz CT molecular complexity index is 595. The van der Waals surface area contributed by atoms with E-state index in [2.05, 4.69) is 10.4 Å². The number of aromatic nitrogens is 2. The molecule has 0 bridgehead atoms. The minimum absolute atomic E-state index is 0.0308. The van der Waals surface area contributed by atoms with Gasteiger partial charge < -0.3 is 14.8 Å². The summed E-state index contributed by atoms with van der Waals surface area (Å²) in [6.45, 7) is 1.86. The third-order valence-electron chi connectivity index (χ3n) is 3.25. The van der Waals surface area contributed by atoms with Gasteiger partial charge in [-0.05, 0) is 24.6 Å². The monoisotopic (exact) mass is 291 g/mol. The lowest BCUT2D eigenvalue weighted by Crippen LogP contribution is -2.26. The van der Waals surface area contributed by atoms with Gasteiger partial charge in [0.2, 0.25) is 5.91 Å². The summed E-state index contributed by atoms with van der Waals surface area (Å²) in [5, 5.41) is 8.19. The Hall–Kier alpha value is -2.08. The number of hydrogen-bond acceptors (Lipinski definition) is 4. The van der Waals surface area contributed by atoms with Crippen molar-refractivity contribution in [1.29, 1.82) is 0 Å². The van der Waals surface area contributed by atoms with E-state index in [4.69, 9.17) is 9.47 Å². The Balaban J connectivity index is 1.87. The summed E-state index contributed by atoms with van der Waals surface area (Å²) in [5.41, 5.74) is 1.00. The lowest BCUT2D eigenvalue weighted by Gasteiger charge is -2.06. The molecule has 114 valence electrons. The summed E-state index contributed by atoms with van der Waals surface area (Å²) in [6.07, 6.45) is 3.02. The molecular weight excluding hydrogens is 270 g/mol. The maximum atomic E-state index is 11.7. The normalized spacial score (nSPS) is 10.8. The minimum atomic E-state index is 0.0308. The minimum Gasteiger partial charge on any atom is -0.497 e. The van der Waals surface area contributed by atoms with Gasteiger partial charge >= 0.3 is 0 Å². The van der Waals surface area contributed by atoms with Crippen LogP contribution in [0.15, 0.2) is 24.4 Å². The van der Waals surface area contributed by atoms with Gasteiger partial charge in [0.15, 0.2) is 0 Å². The molecule has 0 atom stereocenters. The first-order valence-corrected chi connectivity index (χ1v) is 7.00. The number of carbonyl (C=O) groups is 1. The molecule has 6 nitrogen and oxygen atoms in total. The predicted octanol–water partition coefficient (Wildman–Crippen LogP) is 1.59. The standard InChI is InChI=1S/C15H21N3O3/c1-20-9-3-7-16-15(19)6-8-18-14-5-4-13(21-2)10-12(14)11-17-18/h4-5,10-11H,3,6-9H2,1-2H3,(H,16,19). The number of nitrogens with one attached hydrogen (secondary N) is 1. The maximum Gasteiger partial charge on any atom is 0.221 e. The Morgan fingerprint density at radius 2 is 2.24 bits per heavy atom. The quantitative estimate of drug-likeness (QED) is 0.750. The van der Waals surface area contributed by atoms with Crippen LogP contribution in [0.5, 0.6) is 5.75 Å². The zero-order valence-corrected chi connectivity index (χ0v) is 12.5. The van der Waals surface area contributed by atoms with Crippen molar-refractivity contribution in [1.82, 2.24) is 15.1 Å². The number of carbonyl (C=O) groups excluding carboxylic acids is 1. The van der Waals surface area contributed by atoms with E-state index in [-0.39, 0.29) is 5.91 Å². The molecule has 0 saturated heterocycles. The fourth-order valence-corrected chi connectivity index (χ4v) is 2.11. The SMILES string of the molecule is COCCCNC(=O)CCn1ncc2cc(OC)ccc21. The molecule has 2 aromatic rings. The highest BCUT2D eigenvalue weighted by Gasteiger charge is 2.06. The third kappa shape index (κ3) is 4.19. The first-order valence-electron chi connectivity index (χ1n) is 7.00. The van der Waals surface area contributed by atoms with E-state index in [1.807, 2.05) is 22.9 Å². The zero-order chi connectivity index (χ0) is 15.1. The van der Waals surface area contributed by atoms with Crippen LogP contribution in [-0.2, 0) is 16.1 Å². The molecule has 1 N–H and O–H groups in total. The highest BCUT2D eigenvalue weighted by Crippen LogP contribution is 2.20. The number of rotatable bonds is 8. The fourth-order valence-electron chi connectivity index (χ4n) is 2.11. The Morgan fingerprint density at radius 3 is 3.00 bits per heavy atom. The molecule has 1 aromatic carbocycles. The maximum absolute atomic E-state index is 11.7. The molecule has 1 heterocycles. The topological polar surface area (TPSA) is 65.4 Å². The van der Waals surface area contributed by atoms with Crippen LogP contribution >= 0.6 is 0 Å². The molecule has 0 fully saturated rings. The zero-order valence-electron chi connectivity index (χ0n) is 12.5. The van der Waals surface area contributed by atoms with Gasteiger partial charge in [-0.25, -0.2) is 0 Å². The number of nitrogens with zero attached hydrogens (tertiary/aromatic N) is 2. The highest BCUT2D eigenvalue weighted by atomic mass is 16.5. The van der Waals surface area contributed by atoms with Crippen LogP contribution in [-0.4, -0.2) is 43.1 Å². The Kier molecular flexibility index (Phi) is 5.57. The predicted molar refractivity (Wildman–Crippen MR) is 80.4 cm³/mol. The molecule has 0 spiro atoms. The molecule has 0 radical (unpaired) electrons. The Labute approximate surface area is 124 Å². The van der Waals surface area contributed by atoms with Gasteiger partial charge in [0.05, 0.1) is 25.4 Å². The van der Waals surface area contributed by atoms with Crippen LogP contribution in [0, 0.1) is 0 Å². The Morgan fingerprint density at radius 1 is 1.38 bits per heavy atom. The molecular formula is C15H21N3O3. The molecule has 6 heteroatoms. The van der Waals surface area contributed by atoms with Crippen molar-refractivity contribution >= 4 is 16.8 Å². The lowest BCUT2D eigenvalue weighted by atomic mass is 10.2. The van der Waals surface area contributed by atoms with Crippen LogP contribution in [0.4, 0.5) is 0 Å². The number of hydrogen-bond donors (Lipinski definition) is 1. The summed E-state index contributed by atoms with van der Waals surface area (Å²) in [7, 11) is 3.29. The summed E-state index contributed by atoms with van der Waals surface area (Å²) in [4.78, 5) is 11.7. The van der Waals surface area contributed by atoms with Gasteiger partial charge in [0.1, 0.15) is 5.75 Å². The summed E-state index contributed by atoms with van der Waals surface area (Å²) >= 11 is 0. The number of fused-ring (bicyclic) bond motifs is 1. The molecule has 21 heavy (non-hydrogen) atoms. The summed E-state index contributed by atoms with van der Waals surface area (Å²) in [5.74, 6) is 0.834. The van der Waals surface area contributed by atoms with E-state index in [9.17, 15) is 4.79 Å². The molecule has 0 aliphatic heterocycles. The van der Waals surface area contributed by atoms with Crippen molar-refractivity contribution in [2.24, 2.45) is 0 Å². The largest absolute Gasteiger partial charge is 0.497 e.